The number of nitrogens with one attached hydrogen (secondary N) is 1. The number of hydrogen-bond acceptors (Lipinski definition) is 6. The molecule has 3 aromatic rings. The van der Waals surface area contributed by atoms with E-state index in [1.165, 1.54) is 10.3 Å². The number of nitrogens with zero attached hydrogens (tertiary/aromatic N) is 2. The molecule has 1 aromatic heterocycles. The molecule has 1 saturated heterocycles. The standard InChI is InChI=1S/C26H25N3O5S/c1-26(2)11-12-29(21(26)23(31)32)22(30)20-14-35-24(27-20)28-25(33)34-13-19-17-9-5-3-7-15(17)16-8-4-6-10-18(16)19/h3-10,14,19,21H,11-13H2,1-2H3,(H,31,32)(H,27,28,33). The fraction of sp³-hybridized carbons (Fsp3) is 0.308. The van der Waals surface area contributed by atoms with Gasteiger partial charge in [-0.3, -0.25) is 10.1 Å². The molecule has 2 heterocycles. The van der Waals surface area contributed by atoms with Crippen LogP contribution in [0.3, 0.4) is 0 Å². The summed E-state index contributed by atoms with van der Waals surface area (Å²) in [6, 6.07) is 15.2. The molecule has 35 heavy (non-hydrogen) atoms. The van der Waals surface area contributed by atoms with Crippen molar-refractivity contribution in [3.05, 3.63) is 70.7 Å². The summed E-state index contributed by atoms with van der Waals surface area (Å²) >= 11 is 1.09. The second kappa shape index (κ2) is 8.81. The van der Waals surface area contributed by atoms with E-state index in [1.54, 1.807) is 0 Å². The number of carboxylic acids is 1. The average Bonchev–Trinajstić information content (AvgIpc) is 3.51. The van der Waals surface area contributed by atoms with Gasteiger partial charge in [-0.15, -0.1) is 11.3 Å². The van der Waals surface area contributed by atoms with Gasteiger partial charge in [-0.1, -0.05) is 62.4 Å². The fourth-order valence-corrected chi connectivity index (χ4v) is 5.75. The number of hydrogen-bond donors (Lipinski definition) is 2. The molecule has 2 aromatic carbocycles. The lowest BCUT2D eigenvalue weighted by atomic mass is 9.85. The largest absolute Gasteiger partial charge is 0.480 e. The van der Waals surface area contributed by atoms with Crippen LogP contribution in [0.2, 0.25) is 0 Å². The van der Waals surface area contributed by atoms with Gasteiger partial charge in [0.15, 0.2) is 5.13 Å². The lowest BCUT2D eigenvalue weighted by Gasteiger charge is -2.28. The Kier molecular flexibility index (Phi) is 5.80. The topological polar surface area (TPSA) is 109 Å². The summed E-state index contributed by atoms with van der Waals surface area (Å²) in [5, 5.41) is 14.0. The van der Waals surface area contributed by atoms with Crippen molar-refractivity contribution in [2.75, 3.05) is 18.5 Å². The first-order valence-corrected chi connectivity index (χ1v) is 12.3. The summed E-state index contributed by atoms with van der Waals surface area (Å²) in [5.41, 5.74) is 4.10. The Hall–Kier alpha value is -3.72. The third kappa shape index (κ3) is 4.16. The summed E-state index contributed by atoms with van der Waals surface area (Å²) in [4.78, 5) is 42.8. The number of benzene rings is 2. The van der Waals surface area contributed by atoms with Gasteiger partial charge >= 0.3 is 12.1 Å². The Morgan fingerprint density at radius 1 is 1.11 bits per heavy atom. The number of aliphatic carboxylic acids is 1. The Morgan fingerprint density at radius 2 is 1.74 bits per heavy atom. The highest BCUT2D eigenvalue weighted by molar-refractivity contribution is 7.14. The Labute approximate surface area is 206 Å². The van der Waals surface area contributed by atoms with Gasteiger partial charge in [0.05, 0.1) is 0 Å². The fourth-order valence-electron chi connectivity index (χ4n) is 5.08. The SMILES string of the molecule is CC1(C)CCN(C(=O)c2csc(NC(=O)OCC3c4ccccc4-c4ccccc43)n2)C1C(=O)O. The molecular formula is C26H25N3O5S. The first-order chi connectivity index (χ1) is 16.8. The van der Waals surface area contributed by atoms with E-state index in [4.69, 9.17) is 4.74 Å². The van der Waals surface area contributed by atoms with Gasteiger partial charge < -0.3 is 14.7 Å². The van der Waals surface area contributed by atoms with Gasteiger partial charge in [0.2, 0.25) is 0 Å². The molecule has 1 aliphatic heterocycles. The maximum absolute atomic E-state index is 12.9. The Balaban J connectivity index is 1.24. The molecule has 1 unspecified atom stereocenters. The molecule has 1 atom stereocenters. The number of likely N-dealkylation sites (tertiary alicyclic amines) is 1. The van der Waals surface area contributed by atoms with Crippen molar-refractivity contribution < 1.29 is 24.2 Å². The molecule has 0 bridgehead atoms. The molecule has 2 aliphatic rings. The highest BCUT2D eigenvalue weighted by Gasteiger charge is 2.47. The number of ether oxygens (including phenoxy) is 1. The Morgan fingerprint density at radius 3 is 2.37 bits per heavy atom. The molecular weight excluding hydrogens is 466 g/mol. The second-order valence-corrected chi connectivity index (χ2v) is 10.3. The molecule has 2 amide bonds. The number of amides is 2. The van der Waals surface area contributed by atoms with E-state index in [0.29, 0.717) is 13.0 Å². The first-order valence-electron chi connectivity index (χ1n) is 11.4. The number of anilines is 1. The van der Waals surface area contributed by atoms with Crippen LogP contribution < -0.4 is 5.32 Å². The van der Waals surface area contributed by atoms with E-state index in [9.17, 15) is 19.5 Å². The molecule has 9 heteroatoms. The van der Waals surface area contributed by atoms with Crippen molar-refractivity contribution >= 4 is 34.4 Å². The van der Waals surface area contributed by atoms with Crippen LogP contribution >= 0.6 is 11.3 Å². The van der Waals surface area contributed by atoms with E-state index >= 15 is 0 Å². The van der Waals surface area contributed by atoms with Crippen molar-refractivity contribution in [1.29, 1.82) is 0 Å². The quantitative estimate of drug-likeness (QED) is 0.529. The number of aromatic nitrogens is 1. The van der Waals surface area contributed by atoms with Crippen molar-refractivity contribution in [2.24, 2.45) is 5.41 Å². The zero-order chi connectivity index (χ0) is 24.7. The number of thiazole rings is 1. The third-order valence-electron chi connectivity index (χ3n) is 6.82. The predicted molar refractivity (Wildman–Crippen MR) is 132 cm³/mol. The number of carbonyl (C=O) groups excluding carboxylic acids is 2. The molecule has 5 rings (SSSR count). The third-order valence-corrected chi connectivity index (χ3v) is 7.58. The normalized spacial score (nSPS) is 18.1. The van der Waals surface area contributed by atoms with Gasteiger partial charge in [-0.2, -0.15) is 0 Å². The monoisotopic (exact) mass is 491 g/mol. The molecule has 180 valence electrons. The van der Waals surface area contributed by atoms with Crippen LogP contribution in [-0.4, -0.2) is 52.2 Å². The van der Waals surface area contributed by atoms with E-state index in [2.05, 4.69) is 22.4 Å². The van der Waals surface area contributed by atoms with E-state index in [0.717, 1.165) is 33.6 Å². The van der Waals surface area contributed by atoms with Crippen LogP contribution in [0.15, 0.2) is 53.9 Å². The lowest BCUT2D eigenvalue weighted by Crippen LogP contribution is -2.46. The average molecular weight is 492 g/mol. The molecule has 0 spiro atoms. The smallest absolute Gasteiger partial charge is 0.413 e. The van der Waals surface area contributed by atoms with Crippen LogP contribution in [0.25, 0.3) is 11.1 Å². The van der Waals surface area contributed by atoms with Crippen LogP contribution in [0.4, 0.5) is 9.93 Å². The van der Waals surface area contributed by atoms with Crippen LogP contribution in [-0.2, 0) is 9.53 Å². The van der Waals surface area contributed by atoms with E-state index < -0.39 is 29.4 Å². The summed E-state index contributed by atoms with van der Waals surface area (Å²) < 4.78 is 5.53. The van der Waals surface area contributed by atoms with Gasteiger partial charge in [0.25, 0.3) is 5.91 Å². The minimum absolute atomic E-state index is 0.0620. The van der Waals surface area contributed by atoms with E-state index in [1.807, 2.05) is 50.2 Å². The van der Waals surface area contributed by atoms with Crippen LogP contribution in [0, 0.1) is 5.41 Å². The maximum Gasteiger partial charge on any atom is 0.413 e. The molecule has 1 aliphatic carbocycles. The molecule has 0 radical (unpaired) electrons. The number of carboxylic acid groups (broad SMARTS) is 1. The van der Waals surface area contributed by atoms with Crippen LogP contribution in [0.5, 0.6) is 0 Å². The number of carbonyl (C=O) groups is 3. The summed E-state index contributed by atoms with van der Waals surface area (Å²) in [5.74, 6) is -1.55. The summed E-state index contributed by atoms with van der Waals surface area (Å²) in [7, 11) is 0. The molecule has 0 saturated carbocycles. The van der Waals surface area contributed by atoms with Gasteiger partial charge in [0, 0.05) is 17.8 Å². The number of fused-ring (bicyclic) bond motifs is 3. The summed E-state index contributed by atoms with van der Waals surface area (Å²) in [6.45, 7) is 4.18. The number of rotatable bonds is 5. The van der Waals surface area contributed by atoms with Crippen molar-refractivity contribution in [2.45, 2.75) is 32.2 Å². The minimum atomic E-state index is -1.03. The molecule has 1 fully saturated rings. The van der Waals surface area contributed by atoms with Crippen molar-refractivity contribution in [1.82, 2.24) is 9.88 Å². The van der Waals surface area contributed by atoms with Crippen LogP contribution in [0.1, 0.15) is 47.8 Å². The molecule has 2 N–H and O–H groups in total. The minimum Gasteiger partial charge on any atom is -0.480 e. The highest BCUT2D eigenvalue weighted by atomic mass is 32.1. The first kappa shape index (κ1) is 23.0. The molecule has 8 nitrogen and oxygen atoms in total. The zero-order valence-electron chi connectivity index (χ0n) is 19.4. The highest BCUT2D eigenvalue weighted by Crippen LogP contribution is 2.44. The van der Waals surface area contributed by atoms with Gasteiger partial charge in [0.1, 0.15) is 18.3 Å². The predicted octanol–water partition coefficient (Wildman–Crippen LogP) is 4.83. The Bertz CT molecular complexity index is 1270. The van der Waals surface area contributed by atoms with Gasteiger partial charge in [-0.05, 0) is 34.1 Å². The van der Waals surface area contributed by atoms with Crippen molar-refractivity contribution in [3.63, 3.8) is 0 Å². The van der Waals surface area contributed by atoms with E-state index in [-0.39, 0.29) is 23.4 Å². The summed E-state index contributed by atoms with van der Waals surface area (Å²) in [6.07, 6.45) is -0.0732. The van der Waals surface area contributed by atoms with Crippen molar-refractivity contribution in [3.8, 4) is 11.1 Å². The zero-order valence-corrected chi connectivity index (χ0v) is 20.2. The van der Waals surface area contributed by atoms with Gasteiger partial charge in [-0.25, -0.2) is 14.6 Å². The second-order valence-electron chi connectivity index (χ2n) is 9.47. The maximum atomic E-state index is 12.9. The lowest BCUT2D eigenvalue weighted by molar-refractivity contribution is -0.144.